The third-order valence-electron chi connectivity index (χ3n) is 2.55. The van der Waals surface area contributed by atoms with Crippen molar-refractivity contribution in [2.75, 3.05) is 13.1 Å². The first-order valence-electron chi connectivity index (χ1n) is 4.51. The largest absolute Gasteiger partial charge is 0.392 e. The summed E-state index contributed by atoms with van der Waals surface area (Å²) in [6.45, 7) is 5.93. The van der Waals surface area contributed by atoms with E-state index < -0.39 is 0 Å². The van der Waals surface area contributed by atoms with Crippen LogP contribution in [0, 0.1) is 5.41 Å². The van der Waals surface area contributed by atoms with E-state index in [2.05, 4.69) is 12.2 Å². The lowest BCUT2D eigenvalue weighted by Crippen LogP contribution is -2.39. The van der Waals surface area contributed by atoms with Crippen molar-refractivity contribution in [3.8, 4) is 0 Å². The van der Waals surface area contributed by atoms with E-state index in [9.17, 15) is 0 Å². The third-order valence-corrected chi connectivity index (χ3v) is 2.55. The Kier molecular flexibility index (Phi) is 2.90. The maximum absolute atomic E-state index is 8.98. The summed E-state index contributed by atoms with van der Waals surface area (Å²) < 4.78 is 0. The van der Waals surface area contributed by atoms with Gasteiger partial charge >= 0.3 is 0 Å². The van der Waals surface area contributed by atoms with Crippen LogP contribution in [0.2, 0.25) is 0 Å². The molecular formula is C9H19NO. The summed E-state index contributed by atoms with van der Waals surface area (Å²) in [4.78, 5) is 0. The highest BCUT2D eigenvalue weighted by Gasteiger charge is 2.30. The number of hydrogen-bond acceptors (Lipinski definition) is 2. The van der Waals surface area contributed by atoms with Crippen LogP contribution in [0.15, 0.2) is 0 Å². The third kappa shape index (κ3) is 2.80. The molecule has 0 spiro atoms. The Morgan fingerprint density at radius 2 is 2.18 bits per heavy atom. The Morgan fingerprint density at radius 1 is 1.55 bits per heavy atom. The van der Waals surface area contributed by atoms with Crippen LogP contribution >= 0.6 is 0 Å². The van der Waals surface area contributed by atoms with Crippen molar-refractivity contribution in [2.24, 2.45) is 5.41 Å². The van der Waals surface area contributed by atoms with E-state index >= 15 is 0 Å². The topological polar surface area (TPSA) is 32.3 Å². The summed E-state index contributed by atoms with van der Waals surface area (Å²) in [5, 5.41) is 12.3. The fourth-order valence-electron chi connectivity index (χ4n) is 1.54. The van der Waals surface area contributed by atoms with E-state index in [0.29, 0.717) is 5.41 Å². The fraction of sp³-hybridized carbons (Fsp3) is 1.00. The van der Waals surface area contributed by atoms with Gasteiger partial charge in [-0.2, -0.15) is 0 Å². The molecule has 1 fully saturated rings. The Labute approximate surface area is 69.0 Å². The molecule has 2 heteroatoms. The lowest BCUT2D eigenvalue weighted by atomic mass is 9.70. The van der Waals surface area contributed by atoms with Gasteiger partial charge in [0.05, 0.1) is 6.10 Å². The second-order valence-corrected chi connectivity index (χ2v) is 4.14. The molecule has 1 atom stereocenters. The van der Waals surface area contributed by atoms with Gasteiger partial charge in [-0.15, -0.1) is 0 Å². The summed E-state index contributed by atoms with van der Waals surface area (Å²) in [7, 11) is 0. The second kappa shape index (κ2) is 3.55. The van der Waals surface area contributed by atoms with Crippen molar-refractivity contribution in [1.82, 2.24) is 5.32 Å². The van der Waals surface area contributed by atoms with E-state index in [1.807, 2.05) is 6.92 Å². The van der Waals surface area contributed by atoms with Gasteiger partial charge in [-0.05, 0) is 25.2 Å². The maximum Gasteiger partial charge on any atom is 0.0636 e. The molecule has 0 aromatic rings. The van der Waals surface area contributed by atoms with Gasteiger partial charge in [-0.25, -0.2) is 0 Å². The van der Waals surface area contributed by atoms with Gasteiger partial charge in [0, 0.05) is 13.1 Å². The quantitative estimate of drug-likeness (QED) is 0.641. The van der Waals surface area contributed by atoms with Crippen LogP contribution in [0.25, 0.3) is 0 Å². The maximum atomic E-state index is 8.98. The molecule has 2 N–H and O–H groups in total. The predicted molar refractivity (Wildman–Crippen MR) is 46.5 cm³/mol. The highest BCUT2D eigenvalue weighted by atomic mass is 16.3. The number of rotatable bonds is 4. The van der Waals surface area contributed by atoms with Crippen LogP contribution in [-0.4, -0.2) is 24.3 Å². The summed E-state index contributed by atoms with van der Waals surface area (Å²) in [5.74, 6) is 0. The summed E-state index contributed by atoms with van der Waals surface area (Å²) in [5.41, 5.74) is 0.537. The first kappa shape index (κ1) is 9.01. The molecule has 0 radical (unpaired) electrons. The molecule has 0 heterocycles. The van der Waals surface area contributed by atoms with Crippen LogP contribution in [-0.2, 0) is 0 Å². The number of hydrogen-bond donors (Lipinski definition) is 2. The molecule has 0 aliphatic heterocycles. The molecular weight excluding hydrogens is 138 g/mol. The molecule has 1 aliphatic rings. The van der Waals surface area contributed by atoms with E-state index in [4.69, 9.17) is 5.11 Å². The minimum atomic E-state index is -0.210. The molecule has 0 saturated heterocycles. The van der Waals surface area contributed by atoms with Crippen molar-refractivity contribution in [3.63, 3.8) is 0 Å². The van der Waals surface area contributed by atoms with Crippen molar-refractivity contribution >= 4 is 0 Å². The SMILES string of the molecule is CC(O)CNCC1(C)CCC1. The normalized spacial score (nSPS) is 24.3. The minimum Gasteiger partial charge on any atom is -0.392 e. The van der Waals surface area contributed by atoms with E-state index in [-0.39, 0.29) is 6.10 Å². The number of aliphatic hydroxyl groups excluding tert-OH is 1. The van der Waals surface area contributed by atoms with Gasteiger partial charge < -0.3 is 10.4 Å². The molecule has 1 aliphatic carbocycles. The van der Waals surface area contributed by atoms with Crippen LogP contribution in [0.3, 0.4) is 0 Å². The number of aliphatic hydroxyl groups is 1. The molecule has 1 rings (SSSR count). The van der Waals surface area contributed by atoms with Gasteiger partial charge in [-0.1, -0.05) is 13.3 Å². The molecule has 1 saturated carbocycles. The molecule has 0 aromatic carbocycles. The van der Waals surface area contributed by atoms with Gasteiger partial charge in [0.25, 0.3) is 0 Å². The van der Waals surface area contributed by atoms with Gasteiger partial charge in [0.15, 0.2) is 0 Å². The summed E-state index contributed by atoms with van der Waals surface area (Å²) in [6.07, 6.45) is 3.87. The molecule has 1 unspecified atom stereocenters. The average molecular weight is 157 g/mol. The Balaban J connectivity index is 2.02. The smallest absolute Gasteiger partial charge is 0.0636 e. The monoisotopic (exact) mass is 157 g/mol. The fourth-order valence-corrected chi connectivity index (χ4v) is 1.54. The Bertz CT molecular complexity index is 119. The standard InChI is InChI=1S/C9H19NO/c1-8(11)6-10-7-9(2)4-3-5-9/h8,10-11H,3-7H2,1-2H3. The van der Waals surface area contributed by atoms with Crippen LogP contribution in [0.1, 0.15) is 33.1 Å². The molecule has 0 aromatic heterocycles. The van der Waals surface area contributed by atoms with Gasteiger partial charge in [0.2, 0.25) is 0 Å². The first-order valence-corrected chi connectivity index (χ1v) is 4.51. The van der Waals surface area contributed by atoms with E-state index in [1.54, 1.807) is 0 Å². The highest BCUT2D eigenvalue weighted by molar-refractivity contribution is 4.85. The van der Waals surface area contributed by atoms with E-state index in [0.717, 1.165) is 13.1 Å². The minimum absolute atomic E-state index is 0.210. The summed E-state index contributed by atoms with van der Waals surface area (Å²) >= 11 is 0. The van der Waals surface area contributed by atoms with Gasteiger partial charge in [0.1, 0.15) is 0 Å². The lowest BCUT2D eigenvalue weighted by molar-refractivity contribution is 0.139. The molecule has 66 valence electrons. The predicted octanol–water partition coefficient (Wildman–Crippen LogP) is 1.15. The zero-order valence-electron chi connectivity index (χ0n) is 7.56. The van der Waals surface area contributed by atoms with Gasteiger partial charge in [-0.3, -0.25) is 0 Å². The molecule has 11 heavy (non-hydrogen) atoms. The Morgan fingerprint density at radius 3 is 2.55 bits per heavy atom. The van der Waals surface area contributed by atoms with Crippen molar-refractivity contribution < 1.29 is 5.11 Å². The zero-order valence-corrected chi connectivity index (χ0v) is 7.56. The highest BCUT2D eigenvalue weighted by Crippen LogP contribution is 2.39. The second-order valence-electron chi connectivity index (χ2n) is 4.14. The van der Waals surface area contributed by atoms with Crippen LogP contribution in [0.5, 0.6) is 0 Å². The summed E-state index contributed by atoms with van der Waals surface area (Å²) in [6, 6.07) is 0. The van der Waals surface area contributed by atoms with Crippen LogP contribution < -0.4 is 5.32 Å². The first-order chi connectivity index (χ1) is 5.12. The lowest BCUT2D eigenvalue weighted by Gasteiger charge is -2.38. The Hall–Kier alpha value is -0.0800. The van der Waals surface area contributed by atoms with Crippen molar-refractivity contribution in [2.45, 2.75) is 39.2 Å². The van der Waals surface area contributed by atoms with E-state index in [1.165, 1.54) is 19.3 Å². The van der Waals surface area contributed by atoms with Crippen molar-refractivity contribution in [3.05, 3.63) is 0 Å². The number of nitrogens with one attached hydrogen (secondary N) is 1. The molecule has 0 bridgehead atoms. The van der Waals surface area contributed by atoms with Crippen molar-refractivity contribution in [1.29, 1.82) is 0 Å². The zero-order chi connectivity index (χ0) is 8.32. The average Bonchev–Trinajstić information content (AvgIpc) is 1.83. The molecule has 0 amide bonds. The molecule has 2 nitrogen and oxygen atoms in total. The van der Waals surface area contributed by atoms with Crippen LogP contribution in [0.4, 0.5) is 0 Å².